The van der Waals surface area contributed by atoms with E-state index < -0.39 is 5.97 Å². The standard InChI is InChI=1S/C47H60N2O3S3.C4H4S.C3H6.3C2H2/c1-8-11-37(53-7)35-29-55-42(48-35)49(28-36(50)38-13-10-27-54-38)47-22-9-12-34(47)33-18-19-40-44(4)23-20-32(30-14-16-31(17-15-30)41(51)52)43(2,3)39(44)21-24-46(40,6)45(33,5)25-26-47;1-2-4-5-3-1;1-3-2;3*1-2/h10-11,13-17,20,27,29,33-34,39-40H,8-9,12,18-19,21-26,28H2,1-7H3,(H,51,52);1-4H;3H,1H2,2H3;3*1-2H/b37-11-;;;;;/t33-,34?,39?,40?,44+,45-,46-,47+;;;;;/m1...../s1. The second kappa shape index (κ2) is 25.0. The largest absolute Gasteiger partial charge is 0.478 e. The molecule has 3 unspecified atom stereocenters. The first kappa shape index (κ1) is 57.0. The third kappa shape index (κ3) is 11.0. The van der Waals surface area contributed by atoms with E-state index in [1.807, 2.05) is 59.5 Å². The summed E-state index contributed by atoms with van der Waals surface area (Å²) in [7, 11) is 0. The van der Waals surface area contributed by atoms with Gasteiger partial charge in [-0.15, -0.1) is 79.6 Å². The molecule has 0 radical (unpaired) electrons. The molecule has 8 atom stereocenters. The molecule has 9 rings (SSSR count). The third-order valence-corrected chi connectivity index (χ3v) is 20.2. The Hall–Kier alpha value is -4.56. The quantitative estimate of drug-likeness (QED) is 0.0970. The van der Waals surface area contributed by atoms with Gasteiger partial charge < -0.3 is 10.0 Å². The molecule has 0 spiro atoms. The van der Waals surface area contributed by atoms with Crippen LogP contribution in [0.2, 0.25) is 0 Å². The Morgan fingerprint density at radius 3 is 2.07 bits per heavy atom. The van der Waals surface area contributed by atoms with Gasteiger partial charge in [0, 0.05) is 15.8 Å². The maximum absolute atomic E-state index is 14.1. The van der Waals surface area contributed by atoms with E-state index in [9.17, 15) is 14.7 Å². The molecule has 0 bridgehead atoms. The topological polar surface area (TPSA) is 70.5 Å². The number of nitrogens with zero attached hydrogens (tertiary/aromatic N) is 2. The van der Waals surface area contributed by atoms with E-state index in [2.05, 4.69) is 115 Å². The number of carbonyl (C=O) groups is 2. The van der Waals surface area contributed by atoms with Crippen LogP contribution in [0.5, 0.6) is 0 Å². The minimum atomic E-state index is -0.870. The highest BCUT2D eigenvalue weighted by Crippen LogP contribution is 2.76. The summed E-state index contributed by atoms with van der Waals surface area (Å²) in [6, 6.07) is 15.6. The number of thiazole rings is 1. The Kier molecular flexibility index (Phi) is 20.7. The molecule has 3 aromatic heterocycles. The highest BCUT2D eigenvalue weighted by atomic mass is 32.2. The van der Waals surface area contributed by atoms with Crippen LogP contribution in [0.3, 0.4) is 0 Å². The summed E-state index contributed by atoms with van der Waals surface area (Å²) in [4.78, 5) is 35.7. The van der Waals surface area contributed by atoms with Gasteiger partial charge in [-0.2, -0.15) is 11.3 Å². The molecule has 368 valence electrons. The number of Topliss-reactive ketones (excluding diaryl/α,β-unsaturated/α-hetero) is 1. The van der Waals surface area contributed by atoms with Crippen molar-refractivity contribution in [3.8, 4) is 38.5 Å². The van der Waals surface area contributed by atoms with E-state index in [0.717, 1.165) is 41.4 Å². The number of aromatic nitrogens is 1. The molecule has 5 aliphatic rings. The zero-order chi connectivity index (χ0) is 51.2. The number of thioether (sulfide) groups is 1. The second-order valence-corrected chi connectivity index (χ2v) is 23.5. The Morgan fingerprint density at radius 2 is 1.51 bits per heavy atom. The predicted molar refractivity (Wildman–Crippen MR) is 302 cm³/mol. The number of hydrogen-bond acceptors (Lipinski definition) is 8. The summed E-state index contributed by atoms with van der Waals surface area (Å²) >= 11 is 6.79. The number of aromatic carboxylic acids is 1. The van der Waals surface area contributed by atoms with Crippen LogP contribution in [0.25, 0.3) is 10.5 Å². The third-order valence-electron chi connectivity index (χ3n) is 17.0. The van der Waals surface area contributed by atoms with Gasteiger partial charge in [-0.3, -0.25) is 4.79 Å². The number of carbonyl (C=O) groups excluding carboxylic acids is 1. The van der Waals surface area contributed by atoms with Crippen molar-refractivity contribution in [3.63, 3.8) is 0 Å². The average Bonchev–Trinajstić information content (AvgIpc) is 4.22. The van der Waals surface area contributed by atoms with E-state index in [1.54, 1.807) is 64.0 Å². The van der Waals surface area contributed by atoms with Gasteiger partial charge in [-0.25, -0.2) is 9.78 Å². The number of terminal acetylenes is 3. The molecular weight excluding hydrogens is 925 g/mol. The average molecular weight is 1000 g/mol. The molecule has 3 heterocycles. The van der Waals surface area contributed by atoms with Gasteiger partial charge >= 0.3 is 5.97 Å². The number of ketones is 1. The molecule has 5 nitrogen and oxygen atoms in total. The summed E-state index contributed by atoms with van der Waals surface area (Å²) < 4.78 is 0. The van der Waals surface area contributed by atoms with Gasteiger partial charge in [0.1, 0.15) is 0 Å². The highest BCUT2D eigenvalue weighted by Gasteiger charge is 2.70. The first-order valence-electron chi connectivity index (χ1n) is 24.3. The van der Waals surface area contributed by atoms with Crippen LogP contribution >= 0.6 is 45.8 Å². The fraction of sp³-hybridized carbons (Fsp3) is 0.483. The van der Waals surface area contributed by atoms with Crippen molar-refractivity contribution in [1.29, 1.82) is 0 Å². The number of anilines is 1. The lowest BCUT2D eigenvalue weighted by molar-refractivity contribution is -0.215. The zero-order valence-corrected chi connectivity index (χ0v) is 45.7. The summed E-state index contributed by atoms with van der Waals surface area (Å²) in [5.41, 5.74) is 4.59. The fourth-order valence-electron chi connectivity index (χ4n) is 14.2. The number of rotatable bonds is 10. The van der Waals surface area contributed by atoms with Crippen molar-refractivity contribution in [2.45, 2.75) is 125 Å². The Balaban J connectivity index is 0.000000660. The molecule has 0 amide bonds. The summed E-state index contributed by atoms with van der Waals surface area (Å²) in [6.07, 6.45) is 45.8. The van der Waals surface area contributed by atoms with Crippen molar-refractivity contribution in [2.24, 2.45) is 45.3 Å². The van der Waals surface area contributed by atoms with Crippen LogP contribution in [0.15, 0.2) is 94.9 Å². The maximum atomic E-state index is 14.1. The van der Waals surface area contributed by atoms with Crippen molar-refractivity contribution in [3.05, 3.63) is 117 Å². The molecule has 0 aliphatic heterocycles. The lowest BCUT2D eigenvalue weighted by atomic mass is 9.33. The van der Waals surface area contributed by atoms with Crippen LogP contribution in [0.4, 0.5) is 5.13 Å². The summed E-state index contributed by atoms with van der Waals surface area (Å²) in [5, 5.41) is 18.9. The minimum absolute atomic E-state index is 0.00533. The molecule has 4 fully saturated rings. The molecular formula is C60H76N2O3S4. The second-order valence-electron chi connectivity index (χ2n) is 20.1. The first-order valence-corrected chi connectivity index (χ1v) is 28.2. The van der Waals surface area contributed by atoms with Crippen LogP contribution in [-0.4, -0.2) is 40.2 Å². The number of allylic oxidation sites excluding steroid dienone is 4. The van der Waals surface area contributed by atoms with Gasteiger partial charge in [-0.1, -0.05) is 96.5 Å². The lowest BCUT2D eigenvalue weighted by Crippen LogP contribution is -2.68. The monoisotopic (exact) mass is 1000 g/mol. The maximum Gasteiger partial charge on any atom is 0.335 e. The van der Waals surface area contributed by atoms with E-state index in [4.69, 9.17) is 4.98 Å². The van der Waals surface area contributed by atoms with Crippen LogP contribution < -0.4 is 4.90 Å². The number of carboxylic acid groups (broad SMARTS) is 1. The summed E-state index contributed by atoms with van der Waals surface area (Å²) in [5.74, 6) is 1.74. The van der Waals surface area contributed by atoms with Crippen molar-refractivity contribution in [2.75, 3.05) is 17.7 Å². The van der Waals surface area contributed by atoms with Crippen LogP contribution in [-0.2, 0) is 0 Å². The van der Waals surface area contributed by atoms with Gasteiger partial charge in [0.15, 0.2) is 10.9 Å². The lowest BCUT2D eigenvalue weighted by Gasteiger charge is -2.72. The number of hydrogen-bond donors (Lipinski definition) is 1. The summed E-state index contributed by atoms with van der Waals surface area (Å²) in [6.45, 7) is 20.8. The number of carboxylic acids is 1. The molecule has 4 saturated carbocycles. The van der Waals surface area contributed by atoms with Gasteiger partial charge in [-0.05, 0) is 168 Å². The van der Waals surface area contributed by atoms with Crippen molar-refractivity contribution < 1.29 is 14.7 Å². The molecule has 1 N–H and O–H groups in total. The van der Waals surface area contributed by atoms with Crippen molar-refractivity contribution >= 4 is 73.1 Å². The normalized spacial score (nSPS) is 28.9. The SMILES string of the molecule is C#C.C#C.C#C.C=CC.CC/C=C(\SC)c1csc(N(CC(=O)c2cccs2)[C@]23CCCC2[C@H]2CCC4[C@@]5(C)CC=C(c6ccc(C(=O)O)cc6)C(C)(C)C5CC[C@@]4(C)[C@]2(C)CC3)n1.c1ccsc1. The first-order chi connectivity index (χ1) is 33.1. The molecule has 1 aromatic carbocycles. The van der Waals surface area contributed by atoms with Crippen molar-refractivity contribution in [1.82, 2.24) is 4.98 Å². The molecule has 0 saturated heterocycles. The van der Waals surface area contributed by atoms with Gasteiger partial charge in [0.05, 0.1) is 22.7 Å². The molecule has 5 aliphatic carbocycles. The van der Waals surface area contributed by atoms with Crippen LogP contribution in [0.1, 0.15) is 150 Å². The predicted octanol–water partition coefficient (Wildman–Crippen LogP) is 16.7. The number of thiophene rings is 2. The molecule has 9 heteroatoms. The molecule has 4 aromatic rings. The van der Waals surface area contributed by atoms with Gasteiger partial charge in [0.2, 0.25) is 0 Å². The highest BCUT2D eigenvalue weighted by molar-refractivity contribution is 8.07. The number of fused-ring (bicyclic) bond motifs is 7. The fourth-order valence-corrected chi connectivity index (χ4v) is 16.9. The van der Waals surface area contributed by atoms with E-state index in [1.165, 1.54) is 61.0 Å². The van der Waals surface area contributed by atoms with Gasteiger partial charge in [0.25, 0.3) is 0 Å². The smallest absolute Gasteiger partial charge is 0.335 e. The van der Waals surface area contributed by atoms with E-state index >= 15 is 0 Å². The van der Waals surface area contributed by atoms with E-state index in [0.29, 0.717) is 35.8 Å². The zero-order valence-electron chi connectivity index (χ0n) is 42.4. The van der Waals surface area contributed by atoms with Crippen LogP contribution in [0, 0.1) is 83.9 Å². The Labute approximate surface area is 432 Å². The molecule has 69 heavy (non-hydrogen) atoms. The number of benzene rings is 1. The minimum Gasteiger partial charge on any atom is -0.478 e. The Bertz CT molecular complexity index is 2370. The van der Waals surface area contributed by atoms with E-state index in [-0.39, 0.29) is 33.0 Å². The Morgan fingerprint density at radius 1 is 0.841 bits per heavy atom.